The van der Waals surface area contributed by atoms with Gasteiger partial charge in [-0.25, -0.2) is 4.79 Å². The molecule has 0 spiro atoms. The molecular weight excluding hydrogens is 308 g/mol. The summed E-state index contributed by atoms with van der Waals surface area (Å²) in [5.41, 5.74) is 1.95. The minimum absolute atomic E-state index is 0.156. The molecule has 3 rings (SSSR count). The molecule has 126 valence electrons. The first-order chi connectivity index (χ1) is 11.6. The lowest BCUT2D eigenvalue weighted by atomic mass is 9.77. The van der Waals surface area contributed by atoms with Gasteiger partial charge < -0.3 is 10.1 Å². The maximum absolute atomic E-state index is 12.1. The van der Waals surface area contributed by atoms with E-state index in [-0.39, 0.29) is 18.4 Å². The summed E-state index contributed by atoms with van der Waals surface area (Å²) in [5.74, 6) is -1.55. The van der Waals surface area contributed by atoms with E-state index in [1.807, 2.05) is 43.3 Å². The molecule has 0 unspecified atom stereocenters. The average molecular weight is 328 g/mol. The predicted molar refractivity (Wildman–Crippen MR) is 86.7 cm³/mol. The minimum atomic E-state index is -0.594. The van der Waals surface area contributed by atoms with Crippen molar-refractivity contribution in [3.8, 4) is 0 Å². The third kappa shape index (κ3) is 3.32. The molecule has 0 aromatic heterocycles. The summed E-state index contributed by atoms with van der Waals surface area (Å²) in [7, 11) is 0. The lowest BCUT2D eigenvalue weighted by Gasteiger charge is -2.29. The van der Waals surface area contributed by atoms with Crippen LogP contribution in [0.2, 0.25) is 0 Å². The molecule has 3 atom stereocenters. The highest BCUT2D eigenvalue weighted by atomic mass is 16.5. The zero-order valence-electron chi connectivity index (χ0n) is 13.5. The zero-order chi connectivity index (χ0) is 17.1. The van der Waals surface area contributed by atoms with Crippen LogP contribution in [-0.4, -0.2) is 23.9 Å². The third-order valence-corrected chi connectivity index (χ3v) is 4.56. The van der Waals surface area contributed by atoms with Crippen molar-refractivity contribution in [3.63, 3.8) is 0 Å². The first kappa shape index (κ1) is 16.2. The van der Waals surface area contributed by atoms with Crippen LogP contribution >= 0.6 is 0 Å². The minimum Gasteiger partial charge on any atom is -0.445 e. The van der Waals surface area contributed by atoms with E-state index in [1.54, 1.807) is 0 Å². The van der Waals surface area contributed by atoms with Crippen LogP contribution in [0.1, 0.15) is 25.3 Å². The Kier molecular flexibility index (Phi) is 4.64. The van der Waals surface area contributed by atoms with Gasteiger partial charge in [0.05, 0.1) is 17.9 Å². The Labute approximate surface area is 140 Å². The molecule has 2 N–H and O–H groups in total. The van der Waals surface area contributed by atoms with Crippen LogP contribution in [0.5, 0.6) is 0 Å². The zero-order valence-corrected chi connectivity index (χ0v) is 13.5. The van der Waals surface area contributed by atoms with Gasteiger partial charge in [0.15, 0.2) is 0 Å². The molecule has 2 aliphatic rings. The number of fused-ring (bicyclic) bond motifs is 1. The molecule has 1 aromatic rings. The molecule has 1 fully saturated rings. The van der Waals surface area contributed by atoms with Crippen LogP contribution in [0.25, 0.3) is 0 Å². The van der Waals surface area contributed by atoms with Gasteiger partial charge in [0.2, 0.25) is 11.8 Å². The van der Waals surface area contributed by atoms with Crippen LogP contribution in [0.15, 0.2) is 42.0 Å². The van der Waals surface area contributed by atoms with Gasteiger partial charge in [-0.2, -0.15) is 0 Å². The van der Waals surface area contributed by atoms with Crippen LogP contribution < -0.4 is 10.6 Å². The largest absolute Gasteiger partial charge is 0.445 e. The molecule has 24 heavy (non-hydrogen) atoms. The standard InChI is InChI=1S/C18H20N2O4/c1-2-11-8-13-15(17(22)20-16(13)21)14(9-11)19-18(23)24-10-12-6-4-3-5-7-12/h3-7,9,13-15H,2,8,10H2,1H3,(H,19,23)(H,20,21,22)/t13-,14+,15-/m0/s1. The van der Waals surface area contributed by atoms with E-state index >= 15 is 0 Å². The fraction of sp³-hybridized carbons (Fsp3) is 0.389. The van der Waals surface area contributed by atoms with Crippen molar-refractivity contribution in [1.82, 2.24) is 10.6 Å². The second-order valence-electron chi connectivity index (χ2n) is 6.10. The van der Waals surface area contributed by atoms with Crippen molar-refractivity contribution in [2.24, 2.45) is 11.8 Å². The van der Waals surface area contributed by atoms with Gasteiger partial charge in [-0.1, -0.05) is 48.9 Å². The van der Waals surface area contributed by atoms with E-state index in [9.17, 15) is 14.4 Å². The molecule has 3 amide bonds. The third-order valence-electron chi connectivity index (χ3n) is 4.56. The number of rotatable bonds is 4. The summed E-state index contributed by atoms with van der Waals surface area (Å²) in [6.07, 6.45) is 2.63. The molecule has 0 saturated carbocycles. The summed E-state index contributed by atoms with van der Waals surface area (Å²) in [4.78, 5) is 36.0. The number of carbonyl (C=O) groups is 3. The molecular formula is C18H20N2O4. The smallest absolute Gasteiger partial charge is 0.407 e. The number of benzene rings is 1. The molecule has 1 aliphatic heterocycles. The van der Waals surface area contributed by atoms with E-state index in [4.69, 9.17) is 4.74 Å². The molecule has 6 heteroatoms. The van der Waals surface area contributed by atoms with Crippen LogP contribution in [0.4, 0.5) is 4.79 Å². The molecule has 0 radical (unpaired) electrons. The summed E-state index contributed by atoms with van der Waals surface area (Å²) in [6, 6.07) is 8.83. The molecule has 0 bridgehead atoms. The fourth-order valence-electron chi connectivity index (χ4n) is 3.28. The van der Waals surface area contributed by atoms with Gasteiger partial charge in [0.25, 0.3) is 0 Å². The number of nitrogens with one attached hydrogen (secondary N) is 2. The quantitative estimate of drug-likeness (QED) is 0.653. The second kappa shape index (κ2) is 6.86. The Morgan fingerprint density at radius 2 is 2.00 bits per heavy atom. The van der Waals surface area contributed by atoms with Gasteiger partial charge in [0.1, 0.15) is 6.61 Å². The number of hydrogen-bond donors (Lipinski definition) is 2. The van der Waals surface area contributed by atoms with Gasteiger partial charge in [-0.3, -0.25) is 14.9 Å². The van der Waals surface area contributed by atoms with Gasteiger partial charge in [-0.15, -0.1) is 0 Å². The van der Waals surface area contributed by atoms with Crippen molar-refractivity contribution in [1.29, 1.82) is 0 Å². The maximum atomic E-state index is 12.1. The number of amides is 3. The normalized spacial score (nSPS) is 25.5. The molecule has 1 aromatic carbocycles. The highest BCUT2D eigenvalue weighted by molar-refractivity contribution is 6.06. The number of carbonyl (C=O) groups excluding carboxylic acids is 3. The SMILES string of the molecule is CCC1=C[C@@H](NC(=O)OCc2ccccc2)[C@H]2C(=O)NC(=O)[C@H]2C1. The van der Waals surface area contributed by atoms with Gasteiger partial charge in [0, 0.05) is 0 Å². The van der Waals surface area contributed by atoms with Crippen molar-refractivity contribution in [2.45, 2.75) is 32.4 Å². The van der Waals surface area contributed by atoms with E-state index in [0.29, 0.717) is 6.42 Å². The lowest BCUT2D eigenvalue weighted by Crippen LogP contribution is -2.46. The molecule has 6 nitrogen and oxygen atoms in total. The van der Waals surface area contributed by atoms with Crippen molar-refractivity contribution < 1.29 is 19.1 Å². The summed E-state index contributed by atoms with van der Waals surface area (Å²) < 4.78 is 5.21. The number of allylic oxidation sites excluding steroid dienone is 1. The molecule has 1 aliphatic carbocycles. The van der Waals surface area contributed by atoms with E-state index < -0.39 is 24.0 Å². The Hall–Kier alpha value is -2.63. The van der Waals surface area contributed by atoms with E-state index in [1.165, 1.54) is 0 Å². The molecule has 1 saturated heterocycles. The van der Waals surface area contributed by atoms with Crippen LogP contribution in [0.3, 0.4) is 0 Å². The Bertz CT molecular complexity index is 684. The lowest BCUT2D eigenvalue weighted by molar-refractivity contribution is -0.126. The highest BCUT2D eigenvalue weighted by Crippen LogP contribution is 2.35. The molecule has 1 heterocycles. The van der Waals surface area contributed by atoms with Crippen molar-refractivity contribution >= 4 is 17.9 Å². The second-order valence-corrected chi connectivity index (χ2v) is 6.10. The van der Waals surface area contributed by atoms with Crippen LogP contribution in [-0.2, 0) is 20.9 Å². The number of ether oxygens (including phenoxy) is 1. The van der Waals surface area contributed by atoms with E-state index in [0.717, 1.165) is 17.6 Å². The topological polar surface area (TPSA) is 84.5 Å². The monoisotopic (exact) mass is 328 g/mol. The fourth-order valence-corrected chi connectivity index (χ4v) is 3.28. The van der Waals surface area contributed by atoms with Crippen molar-refractivity contribution in [2.75, 3.05) is 0 Å². The maximum Gasteiger partial charge on any atom is 0.407 e. The van der Waals surface area contributed by atoms with Crippen LogP contribution in [0, 0.1) is 11.8 Å². The first-order valence-corrected chi connectivity index (χ1v) is 8.10. The predicted octanol–water partition coefficient (Wildman–Crippen LogP) is 1.91. The summed E-state index contributed by atoms with van der Waals surface area (Å²) in [5, 5.41) is 5.09. The Balaban J connectivity index is 1.66. The average Bonchev–Trinajstić information content (AvgIpc) is 2.88. The summed E-state index contributed by atoms with van der Waals surface area (Å²) in [6.45, 7) is 2.15. The number of hydrogen-bond acceptors (Lipinski definition) is 4. The Morgan fingerprint density at radius 3 is 2.71 bits per heavy atom. The first-order valence-electron chi connectivity index (χ1n) is 8.10. The number of imide groups is 1. The number of alkyl carbamates (subject to hydrolysis) is 1. The van der Waals surface area contributed by atoms with E-state index in [2.05, 4.69) is 10.6 Å². The van der Waals surface area contributed by atoms with Gasteiger partial charge >= 0.3 is 6.09 Å². The highest BCUT2D eigenvalue weighted by Gasteiger charge is 2.48. The van der Waals surface area contributed by atoms with Gasteiger partial charge in [-0.05, 0) is 18.4 Å². The van der Waals surface area contributed by atoms with Crippen molar-refractivity contribution in [3.05, 3.63) is 47.5 Å². The summed E-state index contributed by atoms with van der Waals surface area (Å²) >= 11 is 0. The Morgan fingerprint density at radius 1 is 1.25 bits per heavy atom.